The predicted molar refractivity (Wildman–Crippen MR) is 102 cm³/mol. The van der Waals surface area contributed by atoms with Crippen molar-refractivity contribution < 1.29 is 19.1 Å². The van der Waals surface area contributed by atoms with Crippen molar-refractivity contribution in [2.45, 2.75) is 6.04 Å². The predicted octanol–water partition coefficient (Wildman–Crippen LogP) is 2.86. The number of benzene rings is 2. The van der Waals surface area contributed by atoms with Crippen molar-refractivity contribution in [3.63, 3.8) is 0 Å². The van der Waals surface area contributed by atoms with E-state index >= 15 is 0 Å². The van der Waals surface area contributed by atoms with Gasteiger partial charge in [-0.2, -0.15) is 0 Å². The molecule has 2 aromatic carbocycles. The fourth-order valence-corrected chi connectivity index (χ4v) is 3.53. The van der Waals surface area contributed by atoms with E-state index in [2.05, 4.69) is 10.6 Å². The first-order valence-corrected chi connectivity index (χ1v) is 9.00. The minimum Gasteiger partial charge on any atom is -0.456 e. The fourth-order valence-electron chi connectivity index (χ4n) is 3.29. The van der Waals surface area contributed by atoms with Crippen LogP contribution < -0.4 is 10.6 Å². The molecule has 0 bridgehead atoms. The van der Waals surface area contributed by atoms with Crippen molar-refractivity contribution in [2.24, 2.45) is 0 Å². The number of hydrogen-bond donors (Lipinski definition) is 2. The van der Waals surface area contributed by atoms with Crippen LogP contribution in [0.4, 0.5) is 10.5 Å². The molecule has 0 saturated carbocycles. The van der Waals surface area contributed by atoms with Crippen LogP contribution >= 0.6 is 11.6 Å². The molecule has 2 aromatic rings. The van der Waals surface area contributed by atoms with Crippen LogP contribution in [0, 0.1) is 0 Å². The maximum absolute atomic E-state index is 12.7. The summed E-state index contributed by atoms with van der Waals surface area (Å²) < 4.78 is 5.15. The highest BCUT2D eigenvalue weighted by atomic mass is 35.5. The van der Waals surface area contributed by atoms with Crippen molar-refractivity contribution in [3.05, 3.63) is 76.5 Å². The minimum atomic E-state index is -0.723. The van der Waals surface area contributed by atoms with E-state index in [9.17, 15) is 14.4 Å². The van der Waals surface area contributed by atoms with E-state index in [1.807, 2.05) is 6.07 Å². The van der Waals surface area contributed by atoms with E-state index in [1.165, 1.54) is 4.90 Å². The SMILES string of the molecule is O=C(CN1C(=O)N[C@H](c2ccccc2Cl)C2=C1COC2=O)Nc1ccccc1. The number of esters is 1. The molecular weight excluding hydrogens is 382 g/mol. The van der Waals surface area contributed by atoms with Crippen LogP contribution in [-0.2, 0) is 14.3 Å². The fraction of sp³-hybridized carbons (Fsp3) is 0.150. The standard InChI is InChI=1S/C20H16ClN3O4/c21-14-9-5-4-8-13(14)18-17-15(11-28-19(17)26)24(20(27)23-18)10-16(25)22-12-6-2-1-3-7-12/h1-9,18H,10-11H2,(H,22,25)(H,23,27)/t18-/m1/s1. The highest BCUT2D eigenvalue weighted by Gasteiger charge is 2.43. The summed E-state index contributed by atoms with van der Waals surface area (Å²) in [6.07, 6.45) is 0. The Bertz CT molecular complexity index is 990. The molecule has 0 radical (unpaired) electrons. The number of nitrogens with zero attached hydrogens (tertiary/aromatic N) is 1. The Morgan fingerprint density at radius 3 is 2.61 bits per heavy atom. The first-order chi connectivity index (χ1) is 13.5. The highest BCUT2D eigenvalue weighted by Crippen LogP contribution is 2.37. The summed E-state index contributed by atoms with van der Waals surface area (Å²) in [7, 11) is 0. The molecule has 4 rings (SSSR count). The van der Waals surface area contributed by atoms with Gasteiger partial charge in [0.2, 0.25) is 5.91 Å². The van der Waals surface area contributed by atoms with Crippen molar-refractivity contribution in [1.29, 1.82) is 0 Å². The maximum atomic E-state index is 12.7. The zero-order chi connectivity index (χ0) is 19.7. The van der Waals surface area contributed by atoms with E-state index in [0.29, 0.717) is 27.5 Å². The lowest BCUT2D eigenvalue weighted by Crippen LogP contribution is -2.49. The van der Waals surface area contributed by atoms with Gasteiger partial charge in [-0.3, -0.25) is 9.69 Å². The number of para-hydroxylation sites is 1. The molecule has 0 aliphatic carbocycles. The first kappa shape index (κ1) is 18.1. The van der Waals surface area contributed by atoms with Gasteiger partial charge in [-0.1, -0.05) is 48.0 Å². The number of urea groups is 1. The van der Waals surface area contributed by atoms with Gasteiger partial charge >= 0.3 is 12.0 Å². The Balaban J connectivity index is 1.62. The molecule has 0 spiro atoms. The van der Waals surface area contributed by atoms with Crippen LogP contribution in [0.3, 0.4) is 0 Å². The van der Waals surface area contributed by atoms with E-state index in [0.717, 1.165) is 0 Å². The molecule has 142 valence electrons. The Hall–Kier alpha value is -3.32. The lowest BCUT2D eigenvalue weighted by molar-refractivity contribution is -0.136. The summed E-state index contributed by atoms with van der Waals surface area (Å²) in [4.78, 5) is 38.7. The number of rotatable bonds is 4. The molecule has 0 aromatic heterocycles. The molecule has 7 nitrogen and oxygen atoms in total. The number of carbonyl (C=O) groups excluding carboxylic acids is 3. The second-order valence-electron chi connectivity index (χ2n) is 6.34. The molecule has 2 heterocycles. The number of carbonyl (C=O) groups is 3. The smallest absolute Gasteiger partial charge is 0.338 e. The van der Waals surface area contributed by atoms with Crippen LogP contribution in [0.2, 0.25) is 5.02 Å². The Morgan fingerprint density at radius 2 is 1.86 bits per heavy atom. The first-order valence-electron chi connectivity index (χ1n) is 8.62. The van der Waals surface area contributed by atoms with Gasteiger partial charge in [0.25, 0.3) is 0 Å². The van der Waals surface area contributed by atoms with Gasteiger partial charge in [0.05, 0.1) is 17.3 Å². The van der Waals surface area contributed by atoms with Crippen LogP contribution in [0.5, 0.6) is 0 Å². The average molecular weight is 398 g/mol. The molecule has 3 amide bonds. The second-order valence-corrected chi connectivity index (χ2v) is 6.75. The van der Waals surface area contributed by atoms with Crippen LogP contribution in [0.1, 0.15) is 11.6 Å². The third-order valence-corrected chi connectivity index (χ3v) is 4.92. The van der Waals surface area contributed by atoms with Crippen molar-refractivity contribution in [2.75, 3.05) is 18.5 Å². The largest absolute Gasteiger partial charge is 0.456 e. The van der Waals surface area contributed by atoms with E-state index in [4.69, 9.17) is 16.3 Å². The van der Waals surface area contributed by atoms with Gasteiger partial charge in [-0.05, 0) is 23.8 Å². The quantitative estimate of drug-likeness (QED) is 0.776. The van der Waals surface area contributed by atoms with Gasteiger partial charge in [0.15, 0.2) is 0 Å². The maximum Gasteiger partial charge on any atom is 0.338 e. The molecule has 2 N–H and O–H groups in total. The van der Waals surface area contributed by atoms with Gasteiger partial charge in [-0.15, -0.1) is 0 Å². The number of halogens is 1. The summed E-state index contributed by atoms with van der Waals surface area (Å²) in [5, 5.41) is 5.91. The van der Waals surface area contributed by atoms with Gasteiger partial charge in [-0.25, -0.2) is 9.59 Å². The number of amides is 3. The van der Waals surface area contributed by atoms with Gasteiger partial charge in [0, 0.05) is 10.7 Å². The number of cyclic esters (lactones) is 1. The number of anilines is 1. The van der Waals surface area contributed by atoms with Gasteiger partial charge < -0.3 is 15.4 Å². The monoisotopic (exact) mass is 397 g/mol. The van der Waals surface area contributed by atoms with Crippen molar-refractivity contribution in [3.8, 4) is 0 Å². The molecule has 2 aliphatic heterocycles. The van der Waals surface area contributed by atoms with Gasteiger partial charge in [0.1, 0.15) is 13.2 Å². The average Bonchev–Trinajstić information content (AvgIpc) is 3.07. The zero-order valence-electron chi connectivity index (χ0n) is 14.6. The minimum absolute atomic E-state index is 0.0683. The summed E-state index contributed by atoms with van der Waals surface area (Å²) in [6, 6.07) is 14.6. The van der Waals surface area contributed by atoms with Crippen LogP contribution in [-0.4, -0.2) is 36.0 Å². The van der Waals surface area contributed by atoms with E-state index in [1.54, 1.807) is 48.5 Å². The molecule has 0 fully saturated rings. The molecule has 8 heteroatoms. The third-order valence-electron chi connectivity index (χ3n) is 4.57. The highest BCUT2D eigenvalue weighted by molar-refractivity contribution is 6.31. The topological polar surface area (TPSA) is 87.7 Å². The lowest BCUT2D eigenvalue weighted by Gasteiger charge is -2.32. The second kappa shape index (κ2) is 7.36. The van der Waals surface area contributed by atoms with Crippen LogP contribution in [0.25, 0.3) is 0 Å². The zero-order valence-corrected chi connectivity index (χ0v) is 15.4. The van der Waals surface area contributed by atoms with E-state index in [-0.39, 0.29) is 19.1 Å². The molecule has 1 atom stereocenters. The molecule has 0 unspecified atom stereocenters. The van der Waals surface area contributed by atoms with E-state index < -0.39 is 18.0 Å². The third kappa shape index (κ3) is 3.32. The summed E-state index contributed by atoms with van der Waals surface area (Å²) >= 11 is 6.25. The number of hydrogen-bond acceptors (Lipinski definition) is 4. The summed E-state index contributed by atoms with van der Waals surface area (Å²) in [5.41, 5.74) is 1.88. The number of ether oxygens (including phenoxy) is 1. The molecule has 2 aliphatic rings. The summed E-state index contributed by atoms with van der Waals surface area (Å²) in [6.45, 7) is -0.313. The Morgan fingerprint density at radius 1 is 1.14 bits per heavy atom. The van der Waals surface area contributed by atoms with Crippen molar-refractivity contribution >= 4 is 35.2 Å². The molecule has 0 saturated heterocycles. The Kier molecular flexibility index (Phi) is 4.75. The Labute approximate surface area is 165 Å². The molecular formula is C20H16ClN3O4. The number of nitrogens with one attached hydrogen (secondary N) is 2. The lowest BCUT2D eigenvalue weighted by atomic mass is 9.95. The summed E-state index contributed by atoms with van der Waals surface area (Å²) in [5.74, 6) is -0.919. The van der Waals surface area contributed by atoms with Crippen molar-refractivity contribution in [1.82, 2.24) is 10.2 Å². The molecule has 28 heavy (non-hydrogen) atoms. The van der Waals surface area contributed by atoms with Crippen LogP contribution in [0.15, 0.2) is 65.9 Å². The normalized spacial score (nSPS) is 18.5.